The second-order valence-corrected chi connectivity index (χ2v) is 7.09. The summed E-state index contributed by atoms with van der Waals surface area (Å²) < 4.78 is 26.3. The van der Waals surface area contributed by atoms with Gasteiger partial charge in [0.05, 0.1) is 17.4 Å². The van der Waals surface area contributed by atoms with Crippen LogP contribution in [0.25, 0.3) is 0 Å². The highest BCUT2D eigenvalue weighted by Crippen LogP contribution is 2.18. The van der Waals surface area contributed by atoms with Crippen molar-refractivity contribution in [3.63, 3.8) is 0 Å². The van der Waals surface area contributed by atoms with Gasteiger partial charge >= 0.3 is 0 Å². The van der Waals surface area contributed by atoms with Gasteiger partial charge in [-0.25, -0.2) is 12.7 Å². The van der Waals surface area contributed by atoms with Crippen molar-refractivity contribution >= 4 is 22.4 Å². The minimum Gasteiger partial charge on any atom is -0.317 e. The fourth-order valence-corrected chi connectivity index (χ4v) is 3.91. The first-order valence-corrected chi connectivity index (χ1v) is 8.29. The number of hydrogen-bond donors (Lipinski definition) is 1. The predicted molar refractivity (Wildman–Crippen MR) is 84.7 cm³/mol. The third kappa shape index (κ3) is 4.68. The van der Waals surface area contributed by atoms with E-state index in [2.05, 4.69) is 5.32 Å². The molecule has 1 aliphatic rings. The Hall–Kier alpha value is -1.13. The summed E-state index contributed by atoms with van der Waals surface area (Å²) in [6.07, 6.45) is 1.68. The molecule has 0 unspecified atom stereocenters. The summed E-state index contributed by atoms with van der Waals surface area (Å²) in [6.45, 7) is 1.71. The van der Waals surface area contributed by atoms with E-state index in [1.807, 2.05) is 6.07 Å². The maximum Gasteiger partial charge on any atom is 0.218 e. The van der Waals surface area contributed by atoms with E-state index in [0.717, 1.165) is 25.9 Å². The van der Waals surface area contributed by atoms with Gasteiger partial charge in [0.1, 0.15) is 0 Å². The first kappa shape index (κ1) is 17.9. The van der Waals surface area contributed by atoms with E-state index < -0.39 is 10.0 Å². The summed E-state index contributed by atoms with van der Waals surface area (Å²) in [6, 6.07) is 8.87. The Morgan fingerprint density at radius 2 is 2.05 bits per heavy atom. The van der Waals surface area contributed by atoms with Crippen molar-refractivity contribution in [1.82, 2.24) is 9.62 Å². The summed E-state index contributed by atoms with van der Waals surface area (Å²) in [5.74, 6) is -0.0526. The van der Waals surface area contributed by atoms with Crippen molar-refractivity contribution < 1.29 is 8.42 Å². The van der Waals surface area contributed by atoms with E-state index in [1.54, 1.807) is 31.3 Å². The van der Waals surface area contributed by atoms with Crippen molar-refractivity contribution in [2.75, 3.05) is 20.1 Å². The van der Waals surface area contributed by atoms with Crippen LogP contribution in [0.3, 0.4) is 0 Å². The van der Waals surface area contributed by atoms with Crippen LogP contribution in [0.4, 0.5) is 0 Å². The zero-order chi connectivity index (χ0) is 14.6. The molecule has 21 heavy (non-hydrogen) atoms. The fraction of sp³-hybridized carbons (Fsp3) is 0.500. The Bertz CT molecular complexity index is 607. The Morgan fingerprint density at radius 3 is 2.67 bits per heavy atom. The molecule has 1 aromatic carbocycles. The molecule has 2 rings (SSSR count). The van der Waals surface area contributed by atoms with Gasteiger partial charge in [-0.2, -0.15) is 5.26 Å². The van der Waals surface area contributed by atoms with Gasteiger partial charge in [0, 0.05) is 13.1 Å². The van der Waals surface area contributed by atoms with Gasteiger partial charge in [0.2, 0.25) is 10.0 Å². The van der Waals surface area contributed by atoms with Gasteiger partial charge in [-0.05, 0) is 43.6 Å². The summed E-state index contributed by atoms with van der Waals surface area (Å²) in [4.78, 5) is 0. The summed E-state index contributed by atoms with van der Waals surface area (Å²) in [5.41, 5.74) is 1.15. The van der Waals surface area contributed by atoms with Crippen molar-refractivity contribution in [2.45, 2.75) is 24.6 Å². The van der Waals surface area contributed by atoms with Gasteiger partial charge in [0.25, 0.3) is 0 Å². The van der Waals surface area contributed by atoms with Crippen LogP contribution in [0.2, 0.25) is 0 Å². The van der Waals surface area contributed by atoms with Gasteiger partial charge < -0.3 is 5.32 Å². The fourth-order valence-electron chi connectivity index (χ4n) is 2.44. The van der Waals surface area contributed by atoms with Crippen LogP contribution in [0, 0.1) is 11.3 Å². The number of piperidine rings is 1. The van der Waals surface area contributed by atoms with Crippen molar-refractivity contribution in [2.24, 2.45) is 0 Å². The average molecular weight is 330 g/mol. The highest BCUT2D eigenvalue weighted by molar-refractivity contribution is 7.88. The molecule has 0 spiro atoms. The second-order valence-electron chi connectivity index (χ2n) is 5.07. The van der Waals surface area contributed by atoms with Crippen LogP contribution < -0.4 is 5.32 Å². The SMILES string of the molecule is CN(C1CCNCC1)S(=O)(=O)Cc1cccc(C#N)c1.Cl. The number of rotatable bonds is 4. The average Bonchev–Trinajstić information content (AvgIpc) is 2.47. The quantitative estimate of drug-likeness (QED) is 0.908. The van der Waals surface area contributed by atoms with Crippen LogP contribution in [0.5, 0.6) is 0 Å². The maximum absolute atomic E-state index is 12.4. The van der Waals surface area contributed by atoms with Crippen LogP contribution in [0.15, 0.2) is 24.3 Å². The molecule has 1 saturated heterocycles. The monoisotopic (exact) mass is 329 g/mol. The standard InChI is InChI=1S/C14H19N3O2S.ClH/c1-17(14-5-7-16-8-6-14)20(18,19)11-13-4-2-3-12(9-13)10-15;/h2-4,9,14,16H,5-8,11H2,1H3;1H. The first-order chi connectivity index (χ1) is 9.53. The summed E-state index contributed by atoms with van der Waals surface area (Å²) in [7, 11) is -1.69. The van der Waals surface area contributed by atoms with Crippen LogP contribution in [0.1, 0.15) is 24.0 Å². The zero-order valence-electron chi connectivity index (χ0n) is 11.9. The molecule has 0 atom stereocenters. The molecule has 1 aromatic rings. The molecule has 1 fully saturated rings. The third-order valence-corrected chi connectivity index (χ3v) is 5.54. The first-order valence-electron chi connectivity index (χ1n) is 6.68. The smallest absolute Gasteiger partial charge is 0.218 e. The molecule has 0 amide bonds. The van der Waals surface area contributed by atoms with E-state index in [4.69, 9.17) is 5.26 Å². The second kappa shape index (κ2) is 7.76. The van der Waals surface area contributed by atoms with Crippen LogP contribution in [-0.4, -0.2) is 38.9 Å². The molecule has 0 bridgehead atoms. The molecule has 116 valence electrons. The van der Waals surface area contributed by atoms with Gasteiger partial charge in [-0.15, -0.1) is 12.4 Å². The lowest BCUT2D eigenvalue weighted by Gasteiger charge is -2.30. The molecule has 0 saturated carbocycles. The lowest BCUT2D eigenvalue weighted by Crippen LogP contribution is -2.44. The third-order valence-electron chi connectivity index (χ3n) is 3.67. The Balaban J connectivity index is 0.00000220. The van der Waals surface area contributed by atoms with Crippen molar-refractivity contribution in [3.8, 4) is 6.07 Å². The van der Waals surface area contributed by atoms with E-state index in [-0.39, 0.29) is 24.2 Å². The summed E-state index contributed by atoms with van der Waals surface area (Å²) in [5, 5.41) is 12.1. The number of halogens is 1. The molecule has 1 N–H and O–H groups in total. The van der Waals surface area contributed by atoms with Crippen LogP contribution >= 0.6 is 12.4 Å². The minimum absolute atomic E-state index is 0. The maximum atomic E-state index is 12.4. The van der Waals surface area contributed by atoms with E-state index in [0.29, 0.717) is 11.1 Å². The molecular formula is C14H20ClN3O2S. The number of nitrogens with zero attached hydrogens (tertiary/aromatic N) is 2. The molecule has 0 aromatic heterocycles. The van der Waals surface area contributed by atoms with Gasteiger partial charge in [0.15, 0.2) is 0 Å². The van der Waals surface area contributed by atoms with Gasteiger partial charge in [-0.1, -0.05) is 12.1 Å². The highest BCUT2D eigenvalue weighted by atomic mass is 35.5. The largest absolute Gasteiger partial charge is 0.317 e. The van der Waals surface area contributed by atoms with E-state index in [9.17, 15) is 8.42 Å². The number of sulfonamides is 1. The highest BCUT2D eigenvalue weighted by Gasteiger charge is 2.27. The summed E-state index contributed by atoms with van der Waals surface area (Å²) >= 11 is 0. The molecule has 0 aliphatic carbocycles. The van der Waals surface area contributed by atoms with Crippen molar-refractivity contribution in [1.29, 1.82) is 5.26 Å². The molecule has 0 radical (unpaired) electrons. The van der Waals surface area contributed by atoms with Crippen molar-refractivity contribution in [3.05, 3.63) is 35.4 Å². The molecular weight excluding hydrogens is 310 g/mol. The number of hydrogen-bond acceptors (Lipinski definition) is 4. The number of nitriles is 1. The number of nitrogens with one attached hydrogen (secondary N) is 1. The lowest BCUT2D eigenvalue weighted by atomic mass is 10.1. The zero-order valence-corrected chi connectivity index (χ0v) is 13.6. The molecule has 7 heteroatoms. The lowest BCUT2D eigenvalue weighted by molar-refractivity contribution is 0.296. The number of benzene rings is 1. The Labute approximate surface area is 132 Å². The van der Waals surface area contributed by atoms with E-state index >= 15 is 0 Å². The topological polar surface area (TPSA) is 73.2 Å². The minimum atomic E-state index is -3.34. The Morgan fingerprint density at radius 1 is 1.38 bits per heavy atom. The van der Waals surface area contributed by atoms with Gasteiger partial charge in [-0.3, -0.25) is 0 Å². The normalized spacial score (nSPS) is 16.2. The van der Waals surface area contributed by atoms with Crippen LogP contribution in [-0.2, 0) is 15.8 Å². The molecule has 1 aliphatic heterocycles. The molecule has 5 nitrogen and oxygen atoms in total. The predicted octanol–water partition coefficient (Wildman–Crippen LogP) is 1.49. The Kier molecular flexibility index (Phi) is 6.62. The molecule has 1 heterocycles. The van der Waals surface area contributed by atoms with E-state index in [1.165, 1.54) is 4.31 Å².